The third-order valence-corrected chi connectivity index (χ3v) is 4.69. The normalized spacial score (nSPS) is 12.0. The molecule has 26 heavy (non-hydrogen) atoms. The number of hydrogen-bond acceptors (Lipinski definition) is 4. The third kappa shape index (κ3) is 3.91. The van der Waals surface area contributed by atoms with Crippen LogP contribution in [0.25, 0.3) is 5.69 Å². The number of nitrogens with zero attached hydrogens (tertiary/aromatic N) is 3. The molecule has 0 saturated heterocycles. The summed E-state index contributed by atoms with van der Waals surface area (Å²) >= 11 is 1.23. The maximum Gasteiger partial charge on any atom is 0.237 e. The molecule has 1 N–H and O–H groups in total. The summed E-state index contributed by atoms with van der Waals surface area (Å²) in [5, 5.41) is 10.8. The molecular formula is C18H16F2N4OS. The van der Waals surface area contributed by atoms with Crippen LogP contribution in [0.15, 0.2) is 53.7 Å². The molecule has 0 aliphatic rings. The van der Waals surface area contributed by atoms with E-state index in [1.54, 1.807) is 6.92 Å². The average Bonchev–Trinajstić information content (AvgIpc) is 2.99. The van der Waals surface area contributed by atoms with Crippen LogP contribution in [0.2, 0.25) is 0 Å². The van der Waals surface area contributed by atoms with E-state index < -0.39 is 16.9 Å². The van der Waals surface area contributed by atoms with Gasteiger partial charge in [-0.25, -0.2) is 8.78 Å². The Morgan fingerprint density at radius 1 is 1.12 bits per heavy atom. The number of carbonyl (C=O) groups excluding carboxylic acids is 1. The molecule has 0 unspecified atom stereocenters. The predicted octanol–water partition coefficient (Wildman–Crippen LogP) is 3.97. The van der Waals surface area contributed by atoms with E-state index in [0.29, 0.717) is 11.0 Å². The predicted molar refractivity (Wildman–Crippen MR) is 96.4 cm³/mol. The van der Waals surface area contributed by atoms with Gasteiger partial charge in [-0.15, -0.1) is 10.2 Å². The summed E-state index contributed by atoms with van der Waals surface area (Å²) in [5.74, 6) is -1.62. The molecule has 1 aromatic heterocycles. The van der Waals surface area contributed by atoms with Crippen molar-refractivity contribution in [3.05, 3.63) is 66.0 Å². The van der Waals surface area contributed by atoms with Gasteiger partial charge in [0.2, 0.25) is 5.91 Å². The highest BCUT2D eigenvalue weighted by Crippen LogP contribution is 2.26. The SMILES string of the molecule is Cc1nnc(S[C@H](C)C(=O)Nc2ccc(F)c(F)c2)n1-c1ccccc1. The fourth-order valence-electron chi connectivity index (χ4n) is 2.32. The smallest absolute Gasteiger partial charge is 0.237 e. The van der Waals surface area contributed by atoms with Crippen LogP contribution in [0.5, 0.6) is 0 Å². The number of benzene rings is 2. The van der Waals surface area contributed by atoms with Crippen molar-refractivity contribution < 1.29 is 13.6 Å². The number of thioether (sulfide) groups is 1. The van der Waals surface area contributed by atoms with Crippen molar-refractivity contribution in [1.82, 2.24) is 14.8 Å². The first-order chi connectivity index (χ1) is 12.5. The lowest BCUT2D eigenvalue weighted by atomic mass is 10.3. The summed E-state index contributed by atoms with van der Waals surface area (Å²) in [6.07, 6.45) is 0. The van der Waals surface area contributed by atoms with Gasteiger partial charge in [-0.3, -0.25) is 9.36 Å². The Labute approximate surface area is 153 Å². The maximum absolute atomic E-state index is 13.3. The topological polar surface area (TPSA) is 59.8 Å². The molecule has 1 atom stereocenters. The fraction of sp³-hybridized carbons (Fsp3) is 0.167. The lowest BCUT2D eigenvalue weighted by molar-refractivity contribution is -0.115. The minimum atomic E-state index is -1.01. The Morgan fingerprint density at radius 3 is 2.54 bits per heavy atom. The molecule has 3 rings (SSSR count). The number of para-hydroxylation sites is 1. The average molecular weight is 374 g/mol. The number of halogens is 2. The first-order valence-corrected chi connectivity index (χ1v) is 8.73. The fourth-order valence-corrected chi connectivity index (χ4v) is 3.24. The van der Waals surface area contributed by atoms with Crippen molar-refractivity contribution in [3.8, 4) is 5.69 Å². The number of aryl methyl sites for hydroxylation is 1. The summed E-state index contributed by atoms with van der Waals surface area (Å²) < 4.78 is 28.1. The van der Waals surface area contributed by atoms with Crippen molar-refractivity contribution >= 4 is 23.4 Å². The maximum atomic E-state index is 13.3. The van der Waals surface area contributed by atoms with Gasteiger partial charge in [-0.1, -0.05) is 30.0 Å². The van der Waals surface area contributed by atoms with Crippen molar-refractivity contribution in [2.75, 3.05) is 5.32 Å². The zero-order valence-corrected chi connectivity index (χ0v) is 14.9. The van der Waals surface area contributed by atoms with E-state index in [0.717, 1.165) is 17.8 Å². The summed E-state index contributed by atoms with van der Waals surface area (Å²) in [7, 11) is 0. The van der Waals surface area contributed by atoms with Gasteiger partial charge in [0.1, 0.15) is 5.82 Å². The van der Waals surface area contributed by atoms with E-state index in [1.807, 2.05) is 41.8 Å². The number of nitrogens with one attached hydrogen (secondary N) is 1. The van der Waals surface area contributed by atoms with Gasteiger partial charge in [0, 0.05) is 17.4 Å². The van der Waals surface area contributed by atoms with E-state index in [-0.39, 0.29) is 11.6 Å². The molecule has 1 amide bonds. The van der Waals surface area contributed by atoms with Crippen LogP contribution in [0.4, 0.5) is 14.5 Å². The molecule has 0 bridgehead atoms. The van der Waals surface area contributed by atoms with Gasteiger partial charge in [0.05, 0.1) is 5.25 Å². The summed E-state index contributed by atoms with van der Waals surface area (Å²) in [5.41, 5.74) is 1.09. The zero-order valence-electron chi connectivity index (χ0n) is 14.1. The highest BCUT2D eigenvalue weighted by atomic mass is 32.2. The molecule has 2 aromatic carbocycles. The van der Waals surface area contributed by atoms with Gasteiger partial charge >= 0.3 is 0 Å². The number of aromatic nitrogens is 3. The first kappa shape index (κ1) is 18.1. The number of amides is 1. The van der Waals surface area contributed by atoms with Crippen molar-refractivity contribution in [3.63, 3.8) is 0 Å². The van der Waals surface area contributed by atoms with Crippen LogP contribution in [-0.2, 0) is 4.79 Å². The molecule has 1 heterocycles. The number of hydrogen-bond donors (Lipinski definition) is 1. The number of rotatable bonds is 5. The number of anilines is 1. The van der Waals surface area contributed by atoms with Crippen LogP contribution in [0.1, 0.15) is 12.7 Å². The van der Waals surface area contributed by atoms with Crippen molar-refractivity contribution in [1.29, 1.82) is 0 Å². The molecule has 5 nitrogen and oxygen atoms in total. The minimum Gasteiger partial charge on any atom is -0.325 e. The Balaban J connectivity index is 1.75. The van der Waals surface area contributed by atoms with Crippen LogP contribution in [0, 0.1) is 18.6 Å². The Bertz CT molecular complexity index is 930. The molecule has 0 spiro atoms. The lowest BCUT2D eigenvalue weighted by Crippen LogP contribution is -2.23. The molecule has 3 aromatic rings. The van der Waals surface area contributed by atoms with E-state index in [4.69, 9.17) is 0 Å². The van der Waals surface area contributed by atoms with Gasteiger partial charge < -0.3 is 5.32 Å². The molecule has 0 aliphatic carbocycles. The largest absolute Gasteiger partial charge is 0.325 e. The molecule has 0 radical (unpaired) electrons. The van der Waals surface area contributed by atoms with Crippen LogP contribution in [-0.4, -0.2) is 25.9 Å². The second-order valence-corrected chi connectivity index (χ2v) is 6.89. The molecular weight excluding hydrogens is 358 g/mol. The highest BCUT2D eigenvalue weighted by molar-refractivity contribution is 8.00. The van der Waals surface area contributed by atoms with Crippen LogP contribution >= 0.6 is 11.8 Å². The van der Waals surface area contributed by atoms with Crippen molar-refractivity contribution in [2.45, 2.75) is 24.3 Å². The molecule has 134 valence electrons. The van der Waals surface area contributed by atoms with Gasteiger partial charge in [0.15, 0.2) is 16.8 Å². The molecule has 0 aliphatic heterocycles. The van der Waals surface area contributed by atoms with Gasteiger partial charge in [-0.2, -0.15) is 0 Å². The van der Waals surface area contributed by atoms with Crippen molar-refractivity contribution in [2.24, 2.45) is 0 Å². The highest BCUT2D eigenvalue weighted by Gasteiger charge is 2.20. The van der Waals surface area contributed by atoms with E-state index in [9.17, 15) is 13.6 Å². The Kier molecular flexibility index (Phi) is 5.32. The number of carbonyl (C=O) groups is 1. The summed E-state index contributed by atoms with van der Waals surface area (Å²) in [4.78, 5) is 12.4. The zero-order chi connectivity index (χ0) is 18.7. The van der Waals surface area contributed by atoms with E-state index >= 15 is 0 Å². The van der Waals surface area contributed by atoms with Crippen LogP contribution < -0.4 is 5.32 Å². The summed E-state index contributed by atoms with van der Waals surface area (Å²) in [6, 6.07) is 12.8. The molecule has 0 fully saturated rings. The monoisotopic (exact) mass is 374 g/mol. The lowest BCUT2D eigenvalue weighted by Gasteiger charge is -2.13. The minimum absolute atomic E-state index is 0.196. The second kappa shape index (κ2) is 7.65. The van der Waals surface area contributed by atoms with Gasteiger partial charge in [0.25, 0.3) is 0 Å². The Morgan fingerprint density at radius 2 is 1.85 bits per heavy atom. The quantitative estimate of drug-likeness (QED) is 0.687. The standard InChI is InChI=1S/C18H16F2N4OS/c1-11(17(25)21-13-8-9-15(19)16(20)10-13)26-18-23-22-12(2)24(18)14-6-4-3-5-7-14/h3-11H,1-2H3,(H,21,25)/t11-/m1/s1. The molecule has 0 saturated carbocycles. The molecule has 8 heteroatoms. The van der Waals surface area contributed by atoms with Gasteiger partial charge in [-0.05, 0) is 38.1 Å². The van der Waals surface area contributed by atoms with E-state index in [1.165, 1.54) is 17.8 Å². The van der Waals surface area contributed by atoms with E-state index in [2.05, 4.69) is 15.5 Å². The van der Waals surface area contributed by atoms with Crippen LogP contribution in [0.3, 0.4) is 0 Å². The Hall–Kier alpha value is -2.74. The summed E-state index contributed by atoms with van der Waals surface area (Å²) in [6.45, 7) is 3.54. The third-order valence-electron chi connectivity index (χ3n) is 3.65. The first-order valence-electron chi connectivity index (χ1n) is 7.85. The second-order valence-electron chi connectivity index (χ2n) is 5.58.